The van der Waals surface area contributed by atoms with Crippen LogP contribution in [-0.2, 0) is 4.74 Å². The van der Waals surface area contributed by atoms with Crippen molar-refractivity contribution in [3.63, 3.8) is 0 Å². The monoisotopic (exact) mass is 456 g/mol. The summed E-state index contributed by atoms with van der Waals surface area (Å²) in [4.78, 5) is 38.6. The zero-order valence-corrected chi connectivity index (χ0v) is 18.6. The molecule has 1 unspecified atom stereocenters. The lowest BCUT2D eigenvalue weighted by Crippen LogP contribution is -2.47. The highest BCUT2D eigenvalue weighted by atomic mass is 19.1. The van der Waals surface area contributed by atoms with Gasteiger partial charge in [0, 0.05) is 31.5 Å². The first-order valence-corrected chi connectivity index (χ1v) is 10.6. The van der Waals surface area contributed by atoms with Crippen molar-refractivity contribution in [3.05, 3.63) is 42.1 Å². The molecular weight excluding hydrogens is 431 g/mol. The fourth-order valence-corrected chi connectivity index (χ4v) is 3.67. The number of likely N-dealkylation sites (tertiary alicyclic amines) is 1. The number of pyridine rings is 1. The summed E-state index contributed by atoms with van der Waals surface area (Å²) >= 11 is 0. The molecule has 1 aliphatic heterocycles. The molecule has 2 N–H and O–H groups in total. The van der Waals surface area contributed by atoms with E-state index in [2.05, 4.69) is 20.3 Å². The Balaban J connectivity index is 1.61. The van der Waals surface area contributed by atoms with Crippen LogP contribution < -0.4 is 5.32 Å². The van der Waals surface area contributed by atoms with Crippen LogP contribution in [0.25, 0.3) is 17.2 Å². The zero-order valence-electron chi connectivity index (χ0n) is 18.6. The maximum atomic E-state index is 13.8. The molecule has 1 amide bonds. The second-order valence-corrected chi connectivity index (χ2v) is 8.89. The van der Waals surface area contributed by atoms with Crippen LogP contribution in [0, 0.1) is 5.82 Å². The van der Waals surface area contributed by atoms with Gasteiger partial charge in [0.25, 0.3) is 0 Å². The van der Waals surface area contributed by atoms with Crippen LogP contribution in [0.1, 0.15) is 44.0 Å². The van der Waals surface area contributed by atoms with Crippen molar-refractivity contribution < 1.29 is 23.8 Å². The zero-order chi connectivity index (χ0) is 23.8. The Kier molecular flexibility index (Phi) is 5.88. The molecule has 0 radical (unpaired) electrons. The van der Waals surface area contributed by atoms with Crippen molar-refractivity contribution in [1.82, 2.24) is 24.3 Å². The van der Waals surface area contributed by atoms with Crippen LogP contribution in [0.2, 0.25) is 0 Å². The molecule has 33 heavy (non-hydrogen) atoms. The van der Waals surface area contributed by atoms with Crippen LogP contribution in [0.3, 0.4) is 0 Å². The van der Waals surface area contributed by atoms with Crippen molar-refractivity contribution in [2.45, 2.75) is 45.3 Å². The van der Waals surface area contributed by atoms with Gasteiger partial charge in [-0.3, -0.25) is 4.40 Å². The van der Waals surface area contributed by atoms with E-state index in [0.717, 1.165) is 12.8 Å². The summed E-state index contributed by atoms with van der Waals surface area (Å²) in [5, 5.41) is 12.8. The molecule has 1 aliphatic rings. The predicted molar refractivity (Wildman–Crippen MR) is 118 cm³/mol. The van der Waals surface area contributed by atoms with E-state index < -0.39 is 23.5 Å². The minimum Gasteiger partial charge on any atom is -0.477 e. The Morgan fingerprint density at radius 3 is 2.76 bits per heavy atom. The summed E-state index contributed by atoms with van der Waals surface area (Å²) in [5.41, 5.74) is 0.215. The molecule has 3 aromatic heterocycles. The molecule has 11 heteroatoms. The second kappa shape index (κ2) is 8.64. The number of aromatic nitrogens is 4. The highest BCUT2D eigenvalue weighted by molar-refractivity contribution is 5.93. The topological polar surface area (TPSA) is 122 Å². The van der Waals surface area contributed by atoms with Gasteiger partial charge in [0.1, 0.15) is 34.1 Å². The Labute approximate surface area is 189 Å². The Morgan fingerprint density at radius 1 is 1.24 bits per heavy atom. The molecular formula is C22H25FN6O4. The number of amides is 1. The third-order valence-electron chi connectivity index (χ3n) is 5.13. The number of nitrogens with zero attached hydrogens (tertiary/aromatic N) is 5. The number of hydrogen-bond donors (Lipinski definition) is 2. The minimum atomic E-state index is -1.19. The number of carboxylic acids is 1. The quantitative estimate of drug-likeness (QED) is 0.612. The van der Waals surface area contributed by atoms with Gasteiger partial charge in [-0.1, -0.05) is 0 Å². The van der Waals surface area contributed by atoms with Gasteiger partial charge in [-0.2, -0.15) is 0 Å². The maximum absolute atomic E-state index is 13.8. The Bertz CT molecular complexity index is 1210. The van der Waals surface area contributed by atoms with Gasteiger partial charge < -0.3 is 20.1 Å². The summed E-state index contributed by atoms with van der Waals surface area (Å²) in [7, 11) is 0. The lowest BCUT2D eigenvalue weighted by atomic mass is 10.1. The van der Waals surface area contributed by atoms with Crippen molar-refractivity contribution in [2.75, 3.05) is 18.4 Å². The van der Waals surface area contributed by atoms with E-state index in [-0.39, 0.29) is 23.2 Å². The fraction of sp³-hybridized carbons (Fsp3) is 0.409. The molecule has 1 fully saturated rings. The van der Waals surface area contributed by atoms with Crippen molar-refractivity contribution in [2.24, 2.45) is 0 Å². The number of hydrogen-bond acceptors (Lipinski definition) is 7. The number of halogens is 1. The summed E-state index contributed by atoms with van der Waals surface area (Å²) in [6.45, 7) is 6.31. The molecule has 0 aromatic carbocycles. The molecule has 174 valence electrons. The lowest BCUT2D eigenvalue weighted by Gasteiger charge is -2.34. The third kappa shape index (κ3) is 5.02. The number of aromatic carboxylic acids is 1. The van der Waals surface area contributed by atoms with Crippen molar-refractivity contribution in [1.29, 1.82) is 0 Å². The number of fused-ring (bicyclic) bond motifs is 1. The third-order valence-corrected chi connectivity index (χ3v) is 5.13. The van der Waals surface area contributed by atoms with E-state index in [9.17, 15) is 19.1 Å². The van der Waals surface area contributed by atoms with Gasteiger partial charge in [-0.25, -0.2) is 28.9 Å². The molecule has 10 nitrogen and oxygen atoms in total. The molecule has 0 aliphatic carbocycles. The number of carbonyl (C=O) groups excluding carboxylic acids is 1. The first kappa shape index (κ1) is 22.4. The summed E-state index contributed by atoms with van der Waals surface area (Å²) < 4.78 is 20.7. The molecule has 0 spiro atoms. The molecule has 1 atom stereocenters. The largest absolute Gasteiger partial charge is 0.477 e. The predicted octanol–water partition coefficient (Wildman–Crippen LogP) is 3.44. The molecule has 0 bridgehead atoms. The summed E-state index contributed by atoms with van der Waals surface area (Å²) in [6, 6.07) is 2.59. The summed E-state index contributed by atoms with van der Waals surface area (Å²) in [5.74, 6) is -1.32. The number of ether oxygens (including phenoxy) is 1. The van der Waals surface area contributed by atoms with E-state index >= 15 is 0 Å². The highest BCUT2D eigenvalue weighted by Crippen LogP contribution is 2.24. The van der Waals surface area contributed by atoms with Crippen molar-refractivity contribution in [3.8, 4) is 11.5 Å². The van der Waals surface area contributed by atoms with E-state index in [1.54, 1.807) is 25.7 Å². The van der Waals surface area contributed by atoms with Gasteiger partial charge in [0.15, 0.2) is 5.82 Å². The van der Waals surface area contributed by atoms with Crippen molar-refractivity contribution >= 4 is 23.5 Å². The standard InChI is InChI=1S/C22H25FN6O4/c1-22(2,3)33-21(32)28-8-4-5-14(12-28)26-18-15(20(30)31)9-25-19(27-18)16-10-24-17-7-6-13(23)11-29(16)17/h6-7,9-11,14H,4-5,8,12H2,1-3H3,(H,30,31)(H,25,26,27). The van der Waals surface area contributed by atoms with Gasteiger partial charge in [0.05, 0.1) is 6.20 Å². The number of carbonyl (C=O) groups is 2. The first-order chi connectivity index (χ1) is 15.6. The SMILES string of the molecule is CC(C)(C)OC(=O)N1CCCC(Nc2nc(-c3cnc4ccc(F)cn34)ncc2C(=O)O)C1. The van der Waals surface area contributed by atoms with Gasteiger partial charge in [-0.15, -0.1) is 0 Å². The van der Waals surface area contributed by atoms with Crippen LogP contribution in [0.5, 0.6) is 0 Å². The average molecular weight is 456 g/mol. The minimum absolute atomic E-state index is 0.104. The van der Waals surface area contributed by atoms with Crippen LogP contribution in [-0.4, -0.2) is 66.2 Å². The normalized spacial score (nSPS) is 16.6. The van der Waals surface area contributed by atoms with Gasteiger partial charge in [0.2, 0.25) is 0 Å². The van der Waals surface area contributed by atoms with E-state index in [4.69, 9.17) is 4.74 Å². The molecule has 1 saturated heterocycles. The van der Waals surface area contributed by atoms with E-state index in [1.807, 2.05) is 0 Å². The Morgan fingerprint density at radius 2 is 2.03 bits per heavy atom. The number of anilines is 1. The smallest absolute Gasteiger partial charge is 0.410 e. The van der Waals surface area contributed by atoms with Crippen LogP contribution in [0.4, 0.5) is 15.0 Å². The van der Waals surface area contributed by atoms with Crippen LogP contribution >= 0.6 is 0 Å². The van der Waals surface area contributed by atoms with Gasteiger partial charge >= 0.3 is 12.1 Å². The number of carboxylic acid groups (broad SMARTS) is 1. The number of imidazole rings is 1. The van der Waals surface area contributed by atoms with E-state index in [1.165, 1.54) is 35.1 Å². The number of rotatable bonds is 4. The highest BCUT2D eigenvalue weighted by Gasteiger charge is 2.29. The molecule has 0 saturated carbocycles. The number of nitrogens with one attached hydrogen (secondary N) is 1. The molecule has 4 rings (SSSR count). The summed E-state index contributed by atoms with van der Waals surface area (Å²) in [6.07, 6.45) is 5.00. The lowest BCUT2D eigenvalue weighted by molar-refractivity contribution is 0.0205. The molecule has 4 heterocycles. The second-order valence-electron chi connectivity index (χ2n) is 8.89. The Hall–Kier alpha value is -3.76. The van der Waals surface area contributed by atoms with Gasteiger partial charge in [-0.05, 0) is 45.7 Å². The fourth-order valence-electron chi connectivity index (χ4n) is 3.67. The molecule has 3 aromatic rings. The maximum Gasteiger partial charge on any atom is 0.410 e. The van der Waals surface area contributed by atoms with E-state index in [0.29, 0.717) is 24.4 Å². The first-order valence-electron chi connectivity index (χ1n) is 10.6. The number of piperidine rings is 1. The average Bonchev–Trinajstić information content (AvgIpc) is 3.15. The van der Waals surface area contributed by atoms with Crippen LogP contribution in [0.15, 0.2) is 30.7 Å².